The van der Waals surface area contributed by atoms with Crippen LogP contribution >= 0.6 is 11.6 Å². The van der Waals surface area contributed by atoms with E-state index in [4.69, 9.17) is 11.6 Å². The van der Waals surface area contributed by atoms with Crippen molar-refractivity contribution in [3.8, 4) is 0 Å². The predicted molar refractivity (Wildman–Crippen MR) is 35.8 cm³/mol. The van der Waals surface area contributed by atoms with Crippen LogP contribution in [0, 0.1) is 18.6 Å². The zero-order chi connectivity index (χ0) is 7.72. The Morgan fingerprint density at radius 3 is 2.40 bits per heavy atom. The van der Waals surface area contributed by atoms with E-state index >= 15 is 0 Å². The molecule has 0 saturated carbocycles. The molecule has 53 valence electrons. The summed E-state index contributed by atoms with van der Waals surface area (Å²) in [7, 11) is 0. The van der Waals surface area contributed by atoms with Crippen LogP contribution in [0.1, 0.15) is 5.56 Å². The predicted octanol–water partition coefficient (Wildman–Crippen LogP) is 2.80. The number of hydrogen-bond donors (Lipinski definition) is 0. The molecule has 0 aromatic heterocycles. The third-order valence-electron chi connectivity index (χ3n) is 1.04. The first-order chi connectivity index (χ1) is 4.61. The smallest absolute Gasteiger partial charge is 0.177 e. The largest absolute Gasteiger partial charge is 0.204 e. The quantitative estimate of drug-likeness (QED) is 0.514. The van der Waals surface area contributed by atoms with Crippen LogP contribution < -0.4 is 0 Å². The van der Waals surface area contributed by atoms with Crippen molar-refractivity contribution in [2.24, 2.45) is 0 Å². The minimum absolute atomic E-state index is 0.231. The first-order valence-electron chi connectivity index (χ1n) is 2.58. The van der Waals surface area contributed by atoms with Gasteiger partial charge in [-0.1, -0.05) is 11.6 Å². The van der Waals surface area contributed by atoms with Crippen LogP contribution in [-0.4, -0.2) is 0 Å². The number of rotatable bonds is 0. The monoisotopic (exact) mass is 161 g/mol. The van der Waals surface area contributed by atoms with E-state index in [-0.39, 0.29) is 5.02 Å². The maximum atomic E-state index is 12.4. The first-order valence-corrected chi connectivity index (χ1v) is 2.95. The van der Waals surface area contributed by atoms with Gasteiger partial charge in [-0.05, 0) is 24.6 Å². The van der Waals surface area contributed by atoms with Crippen molar-refractivity contribution in [2.75, 3.05) is 0 Å². The highest BCUT2D eigenvalue weighted by atomic mass is 35.5. The average molecular weight is 162 g/mol. The van der Waals surface area contributed by atoms with Gasteiger partial charge in [-0.25, -0.2) is 8.78 Å². The number of hydrogen-bond acceptors (Lipinski definition) is 0. The summed E-state index contributed by atoms with van der Waals surface area (Å²) < 4.78 is 24.7. The van der Waals surface area contributed by atoms with Gasteiger partial charge in [0.05, 0.1) is 5.02 Å². The van der Waals surface area contributed by atoms with E-state index in [2.05, 4.69) is 6.92 Å². The van der Waals surface area contributed by atoms with E-state index < -0.39 is 11.6 Å². The van der Waals surface area contributed by atoms with Crippen LogP contribution in [0.5, 0.6) is 0 Å². The molecular formula is C7H4ClF2. The van der Waals surface area contributed by atoms with E-state index in [1.807, 2.05) is 0 Å². The molecule has 0 heterocycles. The topological polar surface area (TPSA) is 0 Å². The van der Waals surface area contributed by atoms with Gasteiger partial charge in [0.1, 0.15) is 0 Å². The summed E-state index contributed by atoms with van der Waals surface area (Å²) in [4.78, 5) is 0. The second kappa shape index (κ2) is 2.54. The molecule has 0 aliphatic rings. The van der Waals surface area contributed by atoms with E-state index in [1.165, 1.54) is 6.07 Å². The van der Waals surface area contributed by atoms with E-state index in [0.717, 1.165) is 6.07 Å². The molecule has 0 amide bonds. The Bertz CT molecular complexity index is 235. The van der Waals surface area contributed by atoms with Crippen molar-refractivity contribution < 1.29 is 8.78 Å². The molecule has 0 N–H and O–H groups in total. The van der Waals surface area contributed by atoms with Crippen LogP contribution in [0.2, 0.25) is 5.02 Å². The molecule has 0 aliphatic heterocycles. The fraction of sp³-hybridized carbons (Fsp3) is 0. The SMILES string of the molecule is [CH2]c1cc(F)c(F)c(Cl)c1. The molecule has 0 saturated heterocycles. The van der Waals surface area contributed by atoms with Crippen LogP contribution in [-0.2, 0) is 0 Å². The van der Waals surface area contributed by atoms with Crippen molar-refractivity contribution in [3.05, 3.63) is 41.3 Å². The molecule has 0 atom stereocenters. The lowest BCUT2D eigenvalue weighted by Crippen LogP contribution is -1.85. The summed E-state index contributed by atoms with van der Waals surface area (Å²) >= 11 is 5.26. The van der Waals surface area contributed by atoms with Crippen molar-refractivity contribution in [2.45, 2.75) is 0 Å². The minimum atomic E-state index is -1.02. The Labute approximate surface area is 62.4 Å². The highest BCUT2D eigenvalue weighted by Crippen LogP contribution is 2.18. The van der Waals surface area contributed by atoms with Gasteiger partial charge in [-0.15, -0.1) is 0 Å². The van der Waals surface area contributed by atoms with Gasteiger partial charge in [0.2, 0.25) is 0 Å². The second-order valence-electron chi connectivity index (χ2n) is 1.87. The summed E-state index contributed by atoms with van der Waals surface area (Å²) in [6.45, 7) is 3.39. The Morgan fingerprint density at radius 2 is 1.90 bits per heavy atom. The first kappa shape index (κ1) is 7.48. The Hall–Kier alpha value is -0.630. The molecule has 0 unspecified atom stereocenters. The number of benzene rings is 1. The Morgan fingerprint density at radius 1 is 1.30 bits per heavy atom. The van der Waals surface area contributed by atoms with Crippen molar-refractivity contribution in [3.63, 3.8) is 0 Å². The molecule has 0 fully saturated rings. The third-order valence-corrected chi connectivity index (χ3v) is 1.32. The fourth-order valence-electron chi connectivity index (χ4n) is 0.608. The van der Waals surface area contributed by atoms with Crippen LogP contribution in [0.25, 0.3) is 0 Å². The zero-order valence-corrected chi connectivity index (χ0v) is 5.75. The summed E-state index contributed by atoms with van der Waals surface area (Å²) in [6.07, 6.45) is 0. The lowest BCUT2D eigenvalue weighted by molar-refractivity contribution is 0.508. The Kier molecular flexibility index (Phi) is 1.90. The highest BCUT2D eigenvalue weighted by Gasteiger charge is 2.05. The van der Waals surface area contributed by atoms with Gasteiger partial charge in [0, 0.05) is 0 Å². The second-order valence-corrected chi connectivity index (χ2v) is 2.28. The van der Waals surface area contributed by atoms with E-state index in [0.29, 0.717) is 5.56 Å². The summed E-state index contributed by atoms with van der Waals surface area (Å²) in [6, 6.07) is 2.25. The summed E-state index contributed by atoms with van der Waals surface area (Å²) in [5, 5.41) is -0.231. The maximum Gasteiger partial charge on any atom is 0.177 e. The normalized spacial score (nSPS) is 10.0. The van der Waals surface area contributed by atoms with Gasteiger partial charge >= 0.3 is 0 Å². The van der Waals surface area contributed by atoms with Gasteiger partial charge in [0.25, 0.3) is 0 Å². The van der Waals surface area contributed by atoms with Gasteiger partial charge < -0.3 is 0 Å². The van der Waals surface area contributed by atoms with Crippen LogP contribution in [0.3, 0.4) is 0 Å². The minimum Gasteiger partial charge on any atom is -0.204 e. The lowest BCUT2D eigenvalue weighted by atomic mass is 10.2. The zero-order valence-electron chi connectivity index (χ0n) is 5.00. The van der Waals surface area contributed by atoms with E-state index in [9.17, 15) is 8.78 Å². The fourth-order valence-corrected chi connectivity index (χ4v) is 0.838. The number of halogens is 3. The molecule has 1 aromatic rings. The highest BCUT2D eigenvalue weighted by molar-refractivity contribution is 6.30. The molecule has 1 radical (unpaired) electrons. The molecule has 0 aliphatic carbocycles. The molecule has 0 bridgehead atoms. The summed E-state index contributed by atoms with van der Waals surface area (Å²) in [5.41, 5.74) is 0.365. The molecule has 3 heteroatoms. The van der Waals surface area contributed by atoms with E-state index in [1.54, 1.807) is 0 Å². The molecule has 10 heavy (non-hydrogen) atoms. The van der Waals surface area contributed by atoms with Crippen molar-refractivity contribution in [1.29, 1.82) is 0 Å². The van der Waals surface area contributed by atoms with Crippen LogP contribution in [0.15, 0.2) is 12.1 Å². The van der Waals surface area contributed by atoms with Gasteiger partial charge in [0.15, 0.2) is 11.6 Å². The molecule has 1 aromatic carbocycles. The average Bonchev–Trinajstić information content (AvgIpc) is 1.82. The molecule has 0 spiro atoms. The molecule has 1 rings (SSSR count). The van der Waals surface area contributed by atoms with Crippen LogP contribution in [0.4, 0.5) is 8.78 Å². The van der Waals surface area contributed by atoms with Gasteiger partial charge in [-0.3, -0.25) is 0 Å². The lowest BCUT2D eigenvalue weighted by Gasteiger charge is -1.96. The summed E-state index contributed by atoms with van der Waals surface area (Å²) in [5.74, 6) is -1.98. The molecular weight excluding hydrogens is 158 g/mol. The Balaban J connectivity index is 3.31. The van der Waals surface area contributed by atoms with Crippen molar-refractivity contribution >= 4 is 11.6 Å². The van der Waals surface area contributed by atoms with Crippen molar-refractivity contribution in [1.82, 2.24) is 0 Å². The molecule has 0 nitrogen and oxygen atoms in total. The van der Waals surface area contributed by atoms with Gasteiger partial charge in [-0.2, -0.15) is 0 Å². The standard InChI is InChI=1S/C7H4ClF2/c1-4-2-5(8)7(10)6(9)3-4/h2-3H,1H2. The third kappa shape index (κ3) is 1.27. The maximum absolute atomic E-state index is 12.4.